The van der Waals surface area contributed by atoms with Gasteiger partial charge in [0.1, 0.15) is 0 Å². The lowest BCUT2D eigenvalue weighted by Gasteiger charge is -2.11. The molecule has 106 valence electrons. The van der Waals surface area contributed by atoms with Crippen molar-refractivity contribution in [1.82, 2.24) is 9.88 Å². The first-order chi connectivity index (χ1) is 9.63. The van der Waals surface area contributed by atoms with Crippen LogP contribution in [-0.2, 0) is 6.54 Å². The molecule has 20 heavy (non-hydrogen) atoms. The summed E-state index contributed by atoms with van der Waals surface area (Å²) < 4.78 is 2.05. The summed E-state index contributed by atoms with van der Waals surface area (Å²) in [5, 5.41) is 14.0. The summed E-state index contributed by atoms with van der Waals surface area (Å²) in [5.74, 6) is 0. The Bertz CT molecular complexity index is 588. The van der Waals surface area contributed by atoms with E-state index in [9.17, 15) is 10.1 Å². The molecule has 0 saturated heterocycles. The molecule has 5 nitrogen and oxygen atoms in total. The molecule has 0 aliphatic carbocycles. The van der Waals surface area contributed by atoms with Crippen LogP contribution in [0.3, 0.4) is 0 Å². The second-order valence-electron chi connectivity index (χ2n) is 4.79. The van der Waals surface area contributed by atoms with Crippen molar-refractivity contribution in [1.29, 1.82) is 0 Å². The van der Waals surface area contributed by atoms with Gasteiger partial charge in [-0.25, -0.2) is 0 Å². The first-order valence-electron chi connectivity index (χ1n) is 6.70. The third-order valence-corrected chi connectivity index (χ3v) is 3.42. The molecular formula is C15H19N3O2. The van der Waals surface area contributed by atoms with E-state index < -0.39 is 0 Å². The number of hydrogen-bond donors (Lipinski definition) is 1. The van der Waals surface area contributed by atoms with Gasteiger partial charge in [0.05, 0.1) is 4.92 Å². The van der Waals surface area contributed by atoms with Crippen molar-refractivity contribution in [2.75, 3.05) is 7.05 Å². The quantitative estimate of drug-likeness (QED) is 0.650. The minimum Gasteiger partial charge on any atom is -0.350 e. The summed E-state index contributed by atoms with van der Waals surface area (Å²) in [5.41, 5.74) is 2.30. The Labute approximate surface area is 118 Å². The second-order valence-corrected chi connectivity index (χ2v) is 4.79. The van der Waals surface area contributed by atoms with Crippen LogP contribution in [0, 0.1) is 10.1 Å². The van der Waals surface area contributed by atoms with Crippen LogP contribution in [0.15, 0.2) is 42.7 Å². The maximum atomic E-state index is 10.8. The predicted molar refractivity (Wildman–Crippen MR) is 78.7 cm³/mol. The van der Waals surface area contributed by atoms with Gasteiger partial charge in [-0.3, -0.25) is 10.1 Å². The number of rotatable bonds is 6. The number of hydrogen-bond acceptors (Lipinski definition) is 3. The maximum Gasteiger partial charge on any atom is 0.269 e. The third-order valence-electron chi connectivity index (χ3n) is 3.42. The van der Waals surface area contributed by atoms with Gasteiger partial charge in [-0.2, -0.15) is 0 Å². The van der Waals surface area contributed by atoms with Crippen LogP contribution in [0.2, 0.25) is 0 Å². The summed E-state index contributed by atoms with van der Waals surface area (Å²) in [7, 11) is 1.95. The van der Waals surface area contributed by atoms with Crippen LogP contribution in [0.4, 0.5) is 5.69 Å². The minimum atomic E-state index is -0.362. The molecule has 1 aromatic heterocycles. The van der Waals surface area contributed by atoms with Crippen LogP contribution in [0.25, 0.3) is 0 Å². The van der Waals surface area contributed by atoms with E-state index in [-0.39, 0.29) is 10.6 Å². The number of benzene rings is 1. The van der Waals surface area contributed by atoms with Crippen molar-refractivity contribution < 1.29 is 4.92 Å². The molecule has 2 aromatic rings. The Morgan fingerprint density at radius 2 is 2.20 bits per heavy atom. The normalized spacial score (nSPS) is 12.3. The Morgan fingerprint density at radius 3 is 2.85 bits per heavy atom. The summed E-state index contributed by atoms with van der Waals surface area (Å²) in [6.45, 7) is 2.78. The number of nitro benzene ring substituents is 1. The van der Waals surface area contributed by atoms with Crippen LogP contribution in [-0.4, -0.2) is 16.5 Å². The minimum absolute atomic E-state index is 0.136. The first kappa shape index (κ1) is 14.3. The Hall–Kier alpha value is -2.14. The molecule has 1 heterocycles. The SMILES string of the molecule is CCC(NC)c1ccn(Cc2cccc([N+](=O)[O-])c2)c1. The lowest BCUT2D eigenvalue weighted by Crippen LogP contribution is -2.14. The van der Waals surface area contributed by atoms with Crippen molar-refractivity contribution in [3.63, 3.8) is 0 Å². The summed E-state index contributed by atoms with van der Waals surface area (Å²) in [4.78, 5) is 10.4. The maximum absolute atomic E-state index is 10.8. The van der Waals surface area contributed by atoms with Crippen LogP contribution < -0.4 is 5.32 Å². The summed E-state index contributed by atoms with van der Waals surface area (Å²) in [6, 6.07) is 9.19. The molecule has 0 aliphatic rings. The molecule has 1 unspecified atom stereocenters. The van der Waals surface area contributed by atoms with E-state index in [4.69, 9.17) is 0 Å². The van der Waals surface area contributed by atoms with E-state index in [0.29, 0.717) is 12.6 Å². The number of nitrogens with zero attached hydrogens (tertiary/aromatic N) is 2. The van der Waals surface area contributed by atoms with Gasteiger partial charge in [0.25, 0.3) is 5.69 Å². The molecule has 0 amide bonds. The van der Waals surface area contributed by atoms with Crippen molar-refractivity contribution in [2.45, 2.75) is 25.9 Å². The van der Waals surface area contributed by atoms with E-state index in [1.165, 1.54) is 11.6 Å². The summed E-state index contributed by atoms with van der Waals surface area (Å²) >= 11 is 0. The Balaban J connectivity index is 2.14. The molecule has 1 atom stereocenters. The smallest absolute Gasteiger partial charge is 0.269 e. The van der Waals surface area contributed by atoms with Crippen molar-refractivity contribution in [3.05, 3.63) is 64.0 Å². The molecule has 0 aliphatic heterocycles. The second kappa shape index (κ2) is 6.34. The highest BCUT2D eigenvalue weighted by Crippen LogP contribution is 2.18. The van der Waals surface area contributed by atoms with Gasteiger partial charge < -0.3 is 9.88 Å². The molecule has 0 spiro atoms. The molecule has 0 saturated carbocycles. The monoisotopic (exact) mass is 273 g/mol. The van der Waals surface area contributed by atoms with Crippen molar-refractivity contribution in [3.8, 4) is 0 Å². The van der Waals surface area contributed by atoms with E-state index in [1.807, 2.05) is 23.9 Å². The average molecular weight is 273 g/mol. The number of aromatic nitrogens is 1. The Morgan fingerprint density at radius 1 is 1.40 bits per heavy atom. The third kappa shape index (κ3) is 3.24. The summed E-state index contributed by atoms with van der Waals surface area (Å²) in [6.07, 6.45) is 5.12. The van der Waals surface area contributed by atoms with E-state index in [2.05, 4.69) is 24.5 Å². The molecular weight excluding hydrogens is 254 g/mol. The lowest BCUT2D eigenvalue weighted by atomic mass is 10.1. The highest BCUT2D eigenvalue weighted by atomic mass is 16.6. The van der Waals surface area contributed by atoms with Gasteiger partial charge in [0.15, 0.2) is 0 Å². The average Bonchev–Trinajstić information content (AvgIpc) is 2.89. The highest BCUT2D eigenvalue weighted by Gasteiger charge is 2.09. The lowest BCUT2D eigenvalue weighted by molar-refractivity contribution is -0.384. The van der Waals surface area contributed by atoms with Gasteiger partial charge in [-0.15, -0.1) is 0 Å². The highest BCUT2D eigenvalue weighted by molar-refractivity contribution is 5.34. The zero-order chi connectivity index (χ0) is 14.5. The molecule has 1 N–H and O–H groups in total. The van der Waals surface area contributed by atoms with Crippen molar-refractivity contribution in [2.24, 2.45) is 0 Å². The molecule has 2 rings (SSSR count). The molecule has 0 fully saturated rings. The fourth-order valence-electron chi connectivity index (χ4n) is 2.35. The largest absolute Gasteiger partial charge is 0.350 e. The van der Waals surface area contributed by atoms with E-state index >= 15 is 0 Å². The predicted octanol–water partition coefficient (Wildman–Crippen LogP) is 3.12. The fourth-order valence-corrected chi connectivity index (χ4v) is 2.35. The number of non-ortho nitro benzene ring substituents is 1. The molecule has 5 heteroatoms. The molecule has 0 bridgehead atoms. The van der Waals surface area contributed by atoms with E-state index in [0.717, 1.165) is 12.0 Å². The van der Waals surface area contributed by atoms with Gasteiger partial charge in [-0.1, -0.05) is 19.1 Å². The zero-order valence-corrected chi connectivity index (χ0v) is 11.7. The fraction of sp³-hybridized carbons (Fsp3) is 0.333. The van der Waals surface area contributed by atoms with Gasteiger partial charge in [0, 0.05) is 37.1 Å². The first-order valence-corrected chi connectivity index (χ1v) is 6.70. The molecule has 1 aromatic carbocycles. The Kier molecular flexibility index (Phi) is 4.53. The van der Waals surface area contributed by atoms with Crippen LogP contribution in [0.5, 0.6) is 0 Å². The number of nitrogens with one attached hydrogen (secondary N) is 1. The van der Waals surface area contributed by atoms with Crippen molar-refractivity contribution >= 4 is 5.69 Å². The molecule has 0 radical (unpaired) electrons. The van der Waals surface area contributed by atoms with Gasteiger partial charge in [-0.05, 0) is 30.7 Å². The number of nitro groups is 1. The van der Waals surface area contributed by atoms with E-state index in [1.54, 1.807) is 12.1 Å². The van der Waals surface area contributed by atoms with Crippen LogP contribution >= 0.6 is 0 Å². The zero-order valence-electron chi connectivity index (χ0n) is 11.7. The standard InChI is InChI=1S/C15H19N3O2/c1-3-15(16-2)13-7-8-17(11-13)10-12-5-4-6-14(9-12)18(19)20/h4-9,11,15-16H,3,10H2,1-2H3. The van der Waals surface area contributed by atoms with Crippen LogP contribution in [0.1, 0.15) is 30.5 Å². The van der Waals surface area contributed by atoms with Gasteiger partial charge >= 0.3 is 0 Å². The topological polar surface area (TPSA) is 60.1 Å². The van der Waals surface area contributed by atoms with Gasteiger partial charge in [0.2, 0.25) is 0 Å².